The topological polar surface area (TPSA) is 34.6 Å². The van der Waals surface area contributed by atoms with E-state index in [9.17, 15) is 0 Å². The summed E-state index contributed by atoms with van der Waals surface area (Å²) in [5.41, 5.74) is -0.773. The van der Waals surface area contributed by atoms with Crippen molar-refractivity contribution in [2.24, 2.45) is 0 Å². The van der Waals surface area contributed by atoms with E-state index in [0.29, 0.717) is 11.4 Å². The Morgan fingerprint density at radius 3 is 2.55 bits per heavy atom. The van der Waals surface area contributed by atoms with Gasteiger partial charge in [0, 0.05) is 12.6 Å². The lowest BCUT2D eigenvalue weighted by atomic mass is 9.84. The summed E-state index contributed by atoms with van der Waals surface area (Å²) in [5.74, 6) is 0.470. The van der Waals surface area contributed by atoms with Gasteiger partial charge in [0.1, 0.15) is 5.82 Å². The quantitative estimate of drug-likeness (QED) is 0.787. The van der Waals surface area contributed by atoms with Crippen LogP contribution in [0.15, 0.2) is 18.1 Å². The maximum Gasteiger partial charge on any atom is 0.514 e. The van der Waals surface area contributed by atoms with Gasteiger partial charge in [-0.25, -0.2) is 4.98 Å². The average molecular weight is 305 g/mol. The summed E-state index contributed by atoms with van der Waals surface area (Å²) in [5, 5.41) is 0. The Balaban J connectivity index is 2.04. The van der Waals surface area contributed by atoms with E-state index >= 15 is 0 Å². The standard InChI is InChI=1S/C17H27BN2O2/c1-13-9-6-7-12-20(13)15-11-8-10-14(19-15)18-21-16(2,3)17(4,5)22-18/h8,10-11,13H,6-7,9,12H2,1-5H3/i8D,10D,11D. The monoisotopic (exact) mass is 305 g/mol. The maximum atomic E-state index is 8.29. The Morgan fingerprint density at radius 1 is 1.23 bits per heavy atom. The number of rotatable bonds is 2. The minimum atomic E-state index is -0.791. The van der Waals surface area contributed by atoms with E-state index in [0.717, 1.165) is 19.4 Å². The number of hydrogen-bond donors (Lipinski definition) is 0. The second-order valence-corrected chi connectivity index (χ2v) is 7.32. The second kappa shape index (κ2) is 5.53. The van der Waals surface area contributed by atoms with Gasteiger partial charge in [-0.15, -0.1) is 0 Å². The zero-order valence-corrected chi connectivity index (χ0v) is 14.2. The largest absolute Gasteiger partial charge is 0.514 e. The fourth-order valence-corrected chi connectivity index (χ4v) is 2.94. The molecule has 0 bridgehead atoms. The molecule has 3 rings (SSSR count). The zero-order chi connectivity index (χ0) is 18.6. The smallest absolute Gasteiger partial charge is 0.398 e. The zero-order valence-electron chi connectivity index (χ0n) is 17.2. The van der Waals surface area contributed by atoms with Gasteiger partial charge < -0.3 is 14.2 Å². The molecular weight excluding hydrogens is 275 g/mol. The Bertz CT molecular complexity index is 668. The van der Waals surface area contributed by atoms with Gasteiger partial charge >= 0.3 is 7.12 Å². The Hall–Kier alpha value is -1.07. The van der Waals surface area contributed by atoms with E-state index in [1.807, 2.05) is 27.7 Å². The van der Waals surface area contributed by atoms with E-state index < -0.39 is 18.3 Å². The Labute approximate surface area is 138 Å². The van der Waals surface area contributed by atoms with E-state index in [4.69, 9.17) is 13.4 Å². The third-order valence-electron chi connectivity index (χ3n) is 5.14. The number of hydrogen-bond acceptors (Lipinski definition) is 4. The molecule has 2 aliphatic heterocycles. The molecular formula is C17H27BN2O2. The molecule has 1 unspecified atom stereocenters. The molecule has 0 radical (unpaired) electrons. The van der Waals surface area contributed by atoms with Crippen molar-refractivity contribution in [3.05, 3.63) is 18.1 Å². The summed E-state index contributed by atoms with van der Waals surface area (Å²) < 4.78 is 36.8. The second-order valence-electron chi connectivity index (χ2n) is 7.32. The van der Waals surface area contributed by atoms with E-state index in [1.165, 1.54) is 6.42 Å². The van der Waals surface area contributed by atoms with E-state index in [-0.39, 0.29) is 24.2 Å². The average Bonchev–Trinajstić information content (AvgIpc) is 2.74. The van der Waals surface area contributed by atoms with E-state index in [2.05, 4.69) is 16.8 Å². The fourth-order valence-electron chi connectivity index (χ4n) is 2.94. The number of anilines is 1. The molecule has 2 aliphatic rings. The van der Waals surface area contributed by atoms with Crippen LogP contribution in [-0.2, 0) is 9.31 Å². The molecule has 0 aromatic carbocycles. The number of pyridine rings is 1. The van der Waals surface area contributed by atoms with Crippen LogP contribution in [0.25, 0.3) is 0 Å². The normalized spacial score (nSPS) is 29.1. The molecule has 2 saturated heterocycles. The van der Waals surface area contributed by atoms with Crippen molar-refractivity contribution in [1.82, 2.24) is 4.98 Å². The van der Waals surface area contributed by atoms with Crippen molar-refractivity contribution < 1.29 is 13.4 Å². The molecule has 0 saturated carbocycles. The number of nitrogens with zero attached hydrogens (tertiary/aromatic N) is 2. The van der Waals surface area contributed by atoms with Crippen LogP contribution in [0, 0.1) is 0 Å². The summed E-state index contributed by atoms with van der Waals surface area (Å²) in [6.45, 7) is 10.7. The van der Waals surface area contributed by atoms with Crippen molar-refractivity contribution >= 4 is 18.5 Å². The van der Waals surface area contributed by atoms with Gasteiger partial charge in [0.2, 0.25) is 0 Å². The lowest BCUT2D eigenvalue weighted by Crippen LogP contribution is -2.41. The van der Waals surface area contributed by atoms with Crippen molar-refractivity contribution in [1.29, 1.82) is 0 Å². The van der Waals surface area contributed by atoms with Crippen LogP contribution < -0.4 is 10.5 Å². The molecule has 4 nitrogen and oxygen atoms in total. The van der Waals surface area contributed by atoms with Crippen LogP contribution in [0.5, 0.6) is 0 Å². The molecule has 0 N–H and O–H groups in total. The first kappa shape index (κ1) is 12.4. The van der Waals surface area contributed by atoms with Crippen LogP contribution in [-0.4, -0.2) is 35.9 Å². The third kappa shape index (κ3) is 2.76. The summed E-state index contributed by atoms with van der Waals surface area (Å²) in [6.07, 6.45) is 3.26. The molecule has 120 valence electrons. The number of piperidine rings is 1. The molecule has 3 heterocycles. The predicted molar refractivity (Wildman–Crippen MR) is 90.6 cm³/mol. The minimum absolute atomic E-state index is 0.0130. The van der Waals surface area contributed by atoms with Gasteiger partial charge in [0.25, 0.3) is 0 Å². The van der Waals surface area contributed by atoms with Gasteiger partial charge in [-0.1, -0.05) is 6.04 Å². The molecule has 5 heteroatoms. The number of aromatic nitrogens is 1. The molecule has 1 atom stereocenters. The Kier molecular flexibility index (Phi) is 3.11. The predicted octanol–water partition coefficient (Wildman–Crippen LogP) is 2.76. The van der Waals surface area contributed by atoms with Crippen LogP contribution in [0.2, 0.25) is 0 Å². The summed E-state index contributed by atoms with van der Waals surface area (Å²) in [6, 6.07) is 0.0795. The van der Waals surface area contributed by atoms with Crippen molar-refractivity contribution in [2.75, 3.05) is 11.4 Å². The lowest BCUT2D eigenvalue weighted by Gasteiger charge is -2.34. The first-order valence-electron chi connectivity index (χ1n) is 9.65. The molecule has 22 heavy (non-hydrogen) atoms. The Morgan fingerprint density at radius 2 is 1.91 bits per heavy atom. The maximum absolute atomic E-state index is 8.29. The molecule has 2 fully saturated rings. The van der Waals surface area contributed by atoms with Crippen LogP contribution in [0.4, 0.5) is 5.82 Å². The molecule has 1 aromatic rings. The summed E-state index contributed by atoms with van der Waals surface area (Å²) in [7, 11) is -0.791. The highest BCUT2D eigenvalue weighted by molar-refractivity contribution is 6.61. The van der Waals surface area contributed by atoms with Gasteiger partial charge in [0.15, 0.2) is 0 Å². The lowest BCUT2D eigenvalue weighted by molar-refractivity contribution is 0.00578. The van der Waals surface area contributed by atoms with Crippen LogP contribution in [0.3, 0.4) is 0 Å². The van der Waals surface area contributed by atoms with Crippen molar-refractivity contribution in [3.63, 3.8) is 0 Å². The molecule has 0 spiro atoms. The van der Waals surface area contributed by atoms with Gasteiger partial charge in [-0.3, -0.25) is 0 Å². The van der Waals surface area contributed by atoms with Crippen LogP contribution in [0.1, 0.15) is 58.0 Å². The van der Waals surface area contributed by atoms with Crippen LogP contribution >= 0.6 is 0 Å². The van der Waals surface area contributed by atoms with E-state index in [1.54, 1.807) is 0 Å². The first-order valence-corrected chi connectivity index (χ1v) is 8.15. The molecule has 1 aromatic heterocycles. The van der Waals surface area contributed by atoms with Gasteiger partial charge in [0.05, 0.1) is 20.9 Å². The van der Waals surface area contributed by atoms with Crippen molar-refractivity contribution in [2.45, 2.75) is 71.1 Å². The summed E-state index contributed by atoms with van der Waals surface area (Å²) >= 11 is 0. The minimum Gasteiger partial charge on any atom is -0.398 e. The van der Waals surface area contributed by atoms with Gasteiger partial charge in [-0.05, 0) is 66.0 Å². The van der Waals surface area contributed by atoms with Gasteiger partial charge in [-0.2, -0.15) is 0 Å². The third-order valence-corrected chi connectivity index (χ3v) is 5.14. The molecule has 0 amide bonds. The highest BCUT2D eigenvalue weighted by Crippen LogP contribution is 2.36. The highest BCUT2D eigenvalue weighted by atomic mass is 16.7. The molecule has 0 aliphatic carbocycles. The first-order chi connectivity index (χ1) is 11.5. The summed E-state index contributed by atoms with van der Waals surface area (Å²) in [4.78, 5) is 6.68. The fraction of sp³-hybridized carbons (Fsp3) is 0.706. The highest BCUT2D eigenvalue weighted by Gasteiger charge is 2.52. The van der Waals surface area contributed by atoms with Crippen molar-refractivity contribution in [3.8, 4) is 0 Å². The SMILES string of the molecule is [2H]c1c(B2OC(C)(C)C(C)(C)O2)nc(N2CCCCC2C)c([2H])c1[2H].